The zero-order chi connectivity index (χ0) is 9.68. The number of ether oxygens (including phenoxy) is 1. The summed E-state index contributed by atoms with van der Waals surface area (Å²) in [7, 11) is 0. The molecule has 0 bridgehead atoms. The van der Waals surface area contributed by atoms with Crippen molar-refractivity contribution >= 4 is 23.8 Å². The van der Waals surface area contributed by atoms with E-state index < -0.39 is 6.09 Å². The van der Waals surface area contributed by atoms with Gasteiger partial charge >= 0.3 is 6.09 Å². The third kappa shape index (κ3) is 2.89. The van der Waals surface area contributed by atoms with Crippen LogP contribution in [-0.4, -0.2) is 53.3 Å². The normalized spacial score (nSPS) is 16.1. The van der Waals surface area contributed by atoms with E-state index >= 15 is 0 Å². The van der Waals surface area contributed by atoms with E-state index in [9.17, 15) is 9.59 Å². The number of amides is 2. The fourth-order valence-corrected chi connectivity index (χ4v) is 1.53. The maximum Gasteiger partial charge on any atom is 0.416 e. The number of hydrogen-bond acceptors (Lipinski definition) is 5. The second kappa shape index (κ2) is 5.08. The number of aliphatic hydroxyl groups is 1. The number of nitrogens with zero attached hydrogens (tertiary/aromatic N) is 1. The van der Waals surface area contributed by atoms with Gasteiger partial charge in [0.05, 0.1) is 18.9 Å². The lowest BCUT2D eigenvalue weighted by Gasteiger charge is -2.09. The quantitative estimate of drug-likeness (QED) is 0.638. The van der Waals surface area contributed by atoms with E-state index in [1.807, 2.05) is 0 Å². The summed E-state index contributed by atoms with van der Waals surface area (Å²) in [5.74, 6) is 0.477. The smallest absolute Gasteiger partial charge is 0.416 e. The van der Waals surface area contributed by atoms with Crippen LogP contribution in [0.25, 0.3) is 0 Å². The van der Waals surface area contributed by atoms with Gasteiger partial charge in [0.15, 0.2) is 0 Å². The number of rotatable bonds is 4. The largest absolute Gasteiger partial charge is 0.447 e. The van der Waals surface area contributed by atoms with Crippen LogP contribution in [0.1, 0.15) is 0 Å². The molecule has 0 unspecified atom stereocenters. The van der Waals surface area contributed by atoms with Crippen molar-refractivity contribution in [1.82, 2.24) is 4.90 Å². The van der Waals surface area contributed by atoms with Crippen molar-refractivity contribution in [3.05, 3.63) is 0 Å². The number of aliphatic hydroxyl groups excluding tert-OH is 1. The van der Waals surface area contributed by atoms with Crippen LogP contribution in [0.3, 0.4) is 0 Å². The Morgan fingerprint density at radius 3 is 3.00 bits per heavy atom. The van der Waals surface area contributed by atoms with Crippen molar-refractivity contribution in [2.45, 2.75) is 0 Å². The molecule has 1 aliphatic heterocycles. The molecule has 74 valence electrons. The zero-order valence-electron chi connectivity index (χ0n) is 7.06. The molecule has 0 aromatic rings. The molecule has 1 heterocycles. The summed E-state index contributed by atoms with van der Waals surface area (Å²) < 4.78 is 4.60. The molecule has 1 aliphatic rings. The van der Waals surface area contributed by atoms with Gasteiger partial charge in [0.25, 0.3) is 0 Å². The van der Waals surface area contributed by atoms with Crippen molar-refractivity contribution in [2.24, 2.45) is 0 Å². The van der Waals surface area contributed by atoms with E-state index in [4.69, 9.17) is 5.11 Å². The minimum Gasteiger partial charge on any atom is -0.447 e. The third-order valence-electron chi connectivity index (χ3n) is 1.52. The van der Waals surface area contributed by atoms with Crippen LogP contribution in [0, 0.1) is 0 Å². The Morgan fingerprint density at radius 2 is 2.46 bits per heavy atom. The van der Waals surface area contributed by atoms with Crippen molar-refractivity contribution in [2.75, 3.05) is 31.3 Å². The molecule has 1 rings (SSSR count). The van der Waals surface area contributed by atoms with Crippen molar-refractivity contribution in [3.63, 3.8) is 0 Å². The molecule has 0 aromatic heterocycles. The highest BCUT2D eigenvalue weighted by atomic mass is 32.2. The fraction of sp³-hybridized carbons (Fsp3) is 0.714. The molecule has 1 saturated heterocycles. The molecule has 0 saturated carbocycles. The Labute approximate surface area is 80.0 Å². The molecule has 0 radical (unpaired) electrons. The van der Waals surface area contributed by atoms with Gasteiger partial charge in [0.1, 0.15) is 6.61 Å². The summed E-state index contributed by atoms with van der Waals surface area (Å²) >= 11 is 1.30. The lowest BCUT2D eigenvalue weighted by atomic mass is 10.5. The predicted molar refractivity (Wildman–Crippen MR) is 47.5 cm³/mol. The summed E-state index contributed by atoms with van der Waals surface area (Å²) in [5, 5.41) is 8.46. The highest BCUT2D eigenvalue weighted by Crippen LogP contribution is 2.07. The SMILES string of the molecule is O=C(CSCCO)N1CCOC1=O. The predicted octanol–water partition coefficient (Wildman–Crippen LogP) is -0.309. The van der Waals surface area contributed by atoms with Gasteiger partial charge < -0.3 is 9.84 Å². The molecule has 1 fully saturated rings. The van der Waals surface area contributed by atoms with Gasteiger partial charge in [-0.2, -0.15) is 0 Å². The maximum absolute atomic E-state index is 11.3. The molecule has 13 heavy (non-hydrogen) atoms. The Balaban J connectivity index is 2.26. The summed E-state index contributed by atoms with van der Waals surface area (Å²) in [6.07, 6.45) is -0.561. The number of imide groups is 1. The summed E-state index contributed by atoms with van der Waals surface area (Å²) in [4.78, 5) is 23.2. The number of carbonyl (C=O) groups is 2. The van der Waals surface area contributed by atoms with Gasteiger partial charge in [-0.05, 0) is 0 Å². The fourth-order valence-electron chi connectivity index (χ4n) is 0.922. The average Bonchev–Trinajstić information content (AvgIpc) is 2.52. The van der Waals surface area contributed by atoms with Crippen LogP contribution in [0.2, 0.25) is 0 Å². The highest BCUT2D eigenvalue weighted by Gasteiger charge is 2.27. The van der Waals surface area contributed by atoms with Crippen molar-refractivity contribution in [1.29, 1.82) is 0 Å². The summed E-state index contributed by atoms with van der Waals surface area (Å²) in [6, 6.07) is 0. The van der Waals surface area contributed by atoms with Gasteiger partial charge in [-0.1, -0.05) is 0 Å². The zero-order valence-corrected chi connectivity index (χ0v) is 7.88. The maximum atomic E-state index is 11.3. The third-order valence-corrected chi connectivity index (χ3v) is 2.45. The lowest BCUT2D eigenvalue weighted by Crippen LogP contribution is -2.33. The van der Waals surface area contributed by atoms with Gasteiger partial charge in [-0.3, -0.25) is 4.79 Å². The van der Waals surface area contributed by atoms with Crippen LogP contribution >= 0.6 is 11.8 Å². The van der Waals surface area contributed by atoms with Crippen LogP contribution in [0.15, 0.2) is 0 Å². The Bertz CT molecular complexity index is 209. The first kappa shape index (κ1) is 10.3. The first-order valence-electron chi connectivity index (χ1n) is 3.91. The van der Waals surface area contributed by atoms with E-state index in [2.05, 4.69) is 4.74 Å². The molecule has 2 amide bonds. The average molecular weight is 205 g/mol. The van der Waals surface area contributed by atoms with Gasteiger partial charge in [0.2, 0.25) is 5.91 Å². The van der Waals surface area contributed by atoms with E-state index in [0.717, 1.165) is 4.90 Å². The lowest BCUT2D eigenvalue weighted by molar-refractivity contribution is -0.124. The monoisotopic (exact) mass is 205 g/mol. The molecule has 0 spiro atoms. The van der Waals surface area contributed by atoms with E-state index in [1.165, 1.54) is 11.8 Å². The number of carbonyl (C=O) groups excluding carboxylic acids is 2. The highest BCUT2D eigenvalue weighted by molar-refractivity contribution is 7.99. The van der Waals surface area contributed by atoms with Gasteiger partial charge in [-0.25, -0.2) is 9.69 Å². The Morgan fingerprint density at radius 1 is 1.69 bits per heavy atom. The number of cyclic esters (lactones) is 1. The first-order valence-corrected chi connectivity index (χ1v) is 5.07. The topological polar surface area (TPSA) is 66.8 Å². The van der Waals surface area contributed by atoms with Gasteiger partial charge in [-0.15, -0.1) is 11.8 Å². The molecule has 0 atom stereocenters. The Kier molecular flexibility index (Phi) is 4.04. The number of thioether (sulfide) groups is 1. The molecule has 0 aromatic carbocycles. The van der Waals surface area contributed by atoms with Crippen molar-refractivity contribution in [3.8, 4) is 0 Å². The molecular weight excluding hydrogens is 194 g/mol. The Hall–Kier alpha value is -0.750. The van der Waals surface area contributed by atoms with Crippen LogP contribution in [0.4, 0.5) is 4.79 Å². The van der Waals surface area contributed by atoms with E-state index in [-0.39, 0.29) is 24.9 Å². The van der Waals surface area contributed by atoms with Crippen molar-refractivity contribution < 1.29 is 19.4 Å². The van der Waals surface area contributed by atoms with E-state index in [0.29, 0.717) is 12.3 Å². The molecule has 5 nitrogen and oxygen atoms in total. The first-order chi connectivity index (χ1) is 6.25. The number of hydrogen-bond donors (Lipinski definition) is 1. The molecule has 6 heteroatoms. The second-order valence-corrected chi connectivity index (χ2v) is 3.54. The molecule has 0 aliphatic carbocycles. The minimum absolute atomic E-state index is 0.0440. The van der Waals surface area contributed by atoms with Gasteiger partial charge in [0, 0.05) is 5.75 Å². The van der Waals surface area contributed by atoms with Crippen LogP contribution in [-0.2, 0) is 9.53 Å². The molecule has 1 N–H and O–H groups in total. The summed E-state index contributed by atoms with van der Waals surface area (Å²) in [5.41, 5.74) is 0. The summed E-state index contributed by atoms with van der Waals surface area (Å²) in [6.45, 7) is 0.676. The van der Waals surface area contributed by atoms with Crippen LogP contribution < -0.4 is 0 Å². The van der Waals surface area contributed by atoms with Crippen LogP contribution in [0.5, 0.6) is 0 Å². The minimum atomic E-state index is -0.561. The molecular formula is C7H11NO4S. The second-order valence-electron chi connectivity index (χ2n) is 2.44. The standard InChI is InChI=1S/C7H11NO4S/c9-2-4-13-5-6(10)8-1-3-12-7(8)11/h9H,1-5H2. The van der Waals surface area contributed by atoms with E-state index in [1.54, 1.807) is 0 Å².